The minimum atomic E-state index is -0.504. The summed E-state index contributed by atoms with van der Waals surface area (Å²) in [6.07, 6.45) is 6.96. The van der Waals surface area contributed by atoms with E-state index in [1.54, 1.807) is 16.9 Å². The molecule has 0 spiro atoms. The van der Waals surface area contributed by atoms with E-state index in [4.69, 9.17) is 0 Å². The van der Waals surface area contributed by atoms with Gasteiger partial charge in [0.15, 0.2) is 0 Å². The Hall–Kier alpha value is -2.89. The molecule has 0 amide bonds. The molecule has 0 unspecified atom stereocenters. The number of aryl methyl sites for hydroxylation is 1. The highest BCUT2D eigenvalue weighted by Crippen LogP contribution is 2.26. The van der Waals surface area contributed by atoms with E-state index in [0.29, 0.717) is 6.54 Å². The van der Waals surface area contributed by atoms with Gasteiger partial charge in [0.1, 0.15) is 0 Å². The van der Waals surface area contributed by atoms with Gasteiger partial charge in [-0.1, -0.05) is 0 Å². The van der Waals surface area contributed by atoms with Gasteiger partial charge in [-0.15, -0.1) is 0 Å². The van der Waals surface area contributed by atoms with E-state index < -0.39 is 5.95 Å². The first kappa shape index (κ1) is 12.8. The summed E-state index contributed by atoms with van der Waals surface area (Å²) < 4.78 is 15.1. The number of nitrogens with zero attached hydrogens (tertiary/aromatic N) is 5. The van der Waals surface area contributed by atoms with Gasteiger partial charge in [-0.25, -0.2) is 4.98 Å². The van der Waals surface area contributed by atoms with Crippen molar-refractivity contribution in [3.05, 3.63) is 65.6 Å². The molecule has 22 heavy (non-hydrogen) atoms. The normalized spacial score (nSPS) is 13.1. The third-order valence-electron chi connectivity index (χ3n) is 3.65. The van der Waals surface area contributed by atoms with E-state index >= 15 is 0 Å². The Labute approximate surface area is 126 Å². The third-order valence-corrected chi connectivity index (χ3v) is 3.65. The van der Waals surface area contributed by atoms with Gasteiger partial charge >= 0.3 is 0 Å². The standard InChI is InChI=1S/C16H12FN5/c1-22-9-12(8-21-22)14-5-13-11(6-19-14)7-20-16(13)10-2-3-18-15(17)4-10/h2-6,8-9H,7H2,1H3. The molecule has 0 fully saturated rings. The smallest absolute Gasteiger partial charge is 0.213 e. The van der Waals surface area contributed by atoms with E-state index in [9.17, 15) is 4.39 Å². The Kier molecular flexibility index (Phi) is 2.82. The molecule has 1 aliphatic heterocycles. The molecule has 0 bridgehead atoms. The molecule has 0 saturated heterocycles. The number of hydrogen-bond acceptors (Lipinski definition) is 4. The number of fused-ring (bicyclic) bond motifs is 1. The fourth-order valence-corrected chi connectivity index (χ4v) is 2.59. The first-order valence-electron chi connectivity index (χ1n) is 6.85. The molecular formula is C16H12FN5. The van der Waals surface area contributed by atoms with Crippen molar-refractivity contribution >= 4 is 5.71 Å². The van der Waals surface area contributed by atoms with Gasteiger partial charge in [0.05, 0.1) is 24.1 Å². The van der Waals surface area contributed by atoms with Gasteiger partial charge in [-0.05, 0) is 12.1 Å². The fraction of sp³-hybridized carbons (Fsp3) is 0.125. The monoisotopic (exact) mass is 293 g/mol. The zero-order valence-electron chi connectivity index (χ0n) is 11.9. The minimum Gasteiger partial charge on any atom is -0.279 e. The number of pyridine rings is 2. The SMILES string of the molecule is Cn1cc(-c2cc3c(cn2)CN=C3c2ccnc(F)c2)cn1. The summed E-state index contributed by atoms with van der Waals surface area (Å²) in [5.74, 6) is -0.504. The van der Waals surface area contributed by atoms with Crippen molar-refractivity contribution in [3.8, 4) is 11.3 Å². The first-order valence-corrected chi connectivity index (χ1v) is 6.85. The number of aromatic nitrogens is 4. The number of rotatable bonds is 2. The van der Waals surface area contributed by atoms with Crippen LogP contribution in [0.4, 0.5) is 4.39 Å². The first-order chi connectivity index (χ1) is 10.7. The lowest BCUT2D eigenvalue weighted by atomic mass is 10.0. The van der Waals surface area contributed by atoms with Crippen molar-refractivity contribution in [3.63, 3.8) is 0 Å². The number of halogens is 1. The highest BCUT2D eigenvalue weighted by molar-refractivity contribution is 6.15. The average molecular weight is 293 g/mol. The van der Waals surface area contributed by atoms with Gasteiger partial charge in [-0.2, -0.15) is 9.49 Å². The van der Waals surface area contributed by atoms with Gasteiger partial charge in [-0.3, -0.25) is 14.7 Å². The van der Waals surface area contributed by atoms with Crippen LogP contribution in [-0.4, -0.2) is 25.5 Å². The fourth-order valence-electron chi connectivity index (χ4n) is 2.59. The van der Waals surface area contributed by atoms with E-state index in [1.165, 1.54) is 12.3 Å². The van der Waals surface area contributed by atoms with Gasteiger partial charge in [0, 0.05) is 54.0 Å². The highest BCUT2D eigenvalue weighted by atomic mass is 19.1. The third kappa shape index (κ3) is 2.09. The van der Waals surface area contributed by atoms with E-state index in [1.807, 2.05) is 25.5 Å². The summed E-state index contributed by atoms with van der Waals surface area (Å²) in [6, 6.07) is 5.15. The van der Waals surface area contributed by atoms with Gasteiger partial charge in [0.25, 0.3) is 0 Å². The second-order valence-electron chi connectivity index (χ2n) is 5.16. The quantitative estimate of drug-likeness (QED) is 0.682. The largest absolute Gasteiger partial charge is 0.279 e. The van der Waals surface area contributed by atoms with E-state index in [0.717, 1.165) is 33.7 Å². The molecule has 4 heterocycles. The summed E-state index contributed by atoms with van der Waals surface area (Å²) in [6.45, 7) is 0.564. The van der Waals surface area contributed by atoms with Gasteiger partial charge in [0.2, 0.25) is 5.95 Å². The Balaban J connectivity index is 1.80. The lowest BCUT2D eigenvalue weighted by molar-refractivity contribution is 0.583. The van der Waals surface area contributed by atoms with Crippen LogP contribution in [0.5, 0.6) is 0 Å². The summed E-state index contributed by atoms with van der Waals surface area (Å²) in [7, 11) is 1.86. The van der Waals surface area contributed by atoms with E-state index in [2.05, 4.69) is 20.1 Å². The molecule has 6 heteroatoms. The Bertz CT molecular complexity index is 897. The molecule has 3 aromatic rings. The predicted octanol–water partition coefficient (Wildman–Crippen LogP) is 2.37. The number of aliphatic imine (C=N–C) groups is 1. The van der Waals surface area contributed by atoms with Crippen LogP contribution in [0.15, 0.2) is 48.0 Å². The maximum Gasteiger partial charge on any atom is 0.213 e. The summed E-state index contributed by atoms with van der Waals surface area (Å²) >= 11 is 0. The Morgan fingerprint density at radius 3 is 2.82 bits per heavy atom. The van der Waals surface area contributed by atoms with Crippen LogP contribution in [0.25, 0.3) is 11.3 Å². The molecule has 4 rings (SSSR count). The van der Waals surface area contributed by atoms with Crippen LogP contribution in [0.3, 0.4) is 0 Å². The lowest BCUT2D eigenvalue weighted by Crippen LogP contribution is -2.03. The van der Waals surface area contributed by atoms with Crippen molar-refractivity contribution in [1.29, 1.82) is 0 Å². The second-order valence-corrected chi connectivity index (χ2v) is 5.16. The minimum absolute atomic E-state index is 0.504. The summed E-state index contributed by atoms with van der Waals surface area (Å²) in [5, 5.41) is 4.16. The van der Waals surface area contributed by atoms with Crippen LogP contribution in [0.2, 0.25) is 0 Å². The Morgan fingerprint density at radius 2 is 2.05 bits per heavy atom. The predicted molar refractivity (Wildman–Crippen MR) is 80.0 cm³/mol. The zero-order chi connectivity index (χ0) is 15.1. The van der Waals surface area contributed by atoms with Crippen molar-refractivity contribution in [2.45, 2.75) is 6.54 Å². The maximum absolute atomic E-state index is 13.4. The van der Waals surface area contributed by atoms with Gasteiger partial charge < -0.3 is 0 Å². The molecule has 0 aliphatic carbocycles. The van der Waals surface area contributed by atoms with Crippen LogP contribution in [-0.2, 0) is 13.6 Å². The molecule has 0 aromatic carbocycles. The van der Waals surface area contributed by atoms with Crippen LogP contribution < -0.4 is 0 Å². The van der Waals surface area contributed by atoms with Crippen molar-refractivity contribution < 1.29 is 4.39 Å². The maximum atomic E-state index is 13.4. The molecule has 1 aliphatic rings. The molecule has 3 aromatic heterocycles. The average Bonchev–Trinajstić information content (AvgIpc) is 3.12. The summed E-state index contributed by atoms with van der Waals surface area (Å²) in [5.41, 5.74) is 5.31. The molecule has 0 N–H and O–H groups in total. The van der Waals surface area contributed by atoms with E-state index in [-0.39, 0.29) is 0 Å². The molecule has 0 radical (unpaired) electrons. The van der Waals surface area contributed by atoms with Crippen molar-refractivity contribution in [2.24, 2.45) is 12.0 Å². The Morgan fingerprint density at radius 1 is 1.14 bits per heavy atom. The molecule has 5 nitrogen and oxygen atoms in total. The van der Waals surface area contributed by atoms with Crippen LogP contribution in [0.1, 0.15) is 16.7 Å². The molecule has 0 atom stereocenters. The zero-order valence-corrected chi connectivity index (χ0v) is 11.9. The second kappa shape index (κ2) is 4.84. The lowest BCUT2D eigenvalue weighted by Gasteiger charge is -2.06. The van der Waals surface area contributed by atoms with Crippen molar-refractivity contribution in [2.75, 3.05) is 0 Å². The summed E-state index contributed by atoms with van der Waals surface area (Å²) in [4.78, 5) is 12.6. The van der Waals surface area contributed by atoms with Crippen LogP contribution in [0, 0.1) is 5.95 Å². The molecular weight excluding hydrogens is 281 g/mol. The topological polar surface area (TPSA) is 56.0 Å². The highest BCUT2D eigenvalue weighted by Gasteiger charge is 2.19. The van der Waals surface area contributed by atoms with Crippen molar-refractivity contribution in [1.82, 2.24) is 19.7 Å². The van der Waals surface area contributed by atoms with Crippen LogP contribution >= 0.6 is 0 Å². The molecule has 0 saturated carbocycles. The number of hydrogen-bond donors (Lipinski definition) is 0. The molecule has 108 valence electrons.